The van der Waals surface area contributed by atoms with E-state index in [4.69, 9.17) is 5.73 Å². The van der Waals surface area contributed by atoms with Gasteiger partial charge in [-0.1, -0.05) is 48.5 Å². The lowest BCUT2D eigenvalue weighted by Crippen LogP contribution is -2.39. The van der Waals surface area contributed by atoms with Crippen LogP contribution >= 0.6 is 0 Å². The molecule has 132 valence electrons. The molecule has 0 spiro atoms. The molecule has 1 aliphatic rings. The van der Waals surface area contributed by atoms with Gasteiger partial charge >= 0.3 is 0 Å². The fourth-order valence-electron chi connectivity index (χ4n) is 3.72. The summed E-state index contributed by atoms with van der Waals surface area (Å²) in [5.74, 6) is -0.0180. The van der Waals surface area contributed by atoms with Crippen LogP contribution in [-0.4, -0.2) is 33.2 Å². The predicted octanol–water partition coefficient (Wildman–Crippen LogP) is 3.07. The van der Waals surface area contributed by atoms with E-state index < -0.39 is 0 Å². The highest BCUT2D eigenvalue weighted by atomic mass is 16.2. The Morgan fingerprint density at radius 2 is 1.69 bits per heavy atom. The van der Waals surface area contributed by atoms with Gasteiger partial charge < -0.3 is 10.6 Å². The van der Waals surface area contributed by atoms with Crippen LogP contribution in [0.25, 0.3) is 5.69 Å². The lowest BCUT2D eigenvalue weighted by Gasteiger charge is -2.27. The van der Waals surface area contributed by atoms with Crippen LogP contribution in [0.3, 0.4) is 0 Å². The molecule has 2 N–H and O–H groups in total. The zero-order chi connectivity index (χ0) is 18.3. The first-order chi connectivity index (χ1) is 12.6. The molecule has 0 unspecified atom stereocenters. The van der Waals surface area contributed by atoms with Gasteiger partial charge in [-0.05, 0) is 31.5 Å². The van der Waals surface area contributed by atoms with Gasteiger partial charge in [-0.2, -0.15) is 5.10 Å². The first kappa shape index (κ1) is 16.5. The van der Waals surface area contributed by atoms with E-state index in [-0.39, 0.29) is 18.0 Å². The Kier molecular flexibility index (Phi) is 4.09. The maximum atomic E-state index is 13.3. The molecule has 0 saturated carbocycles. The Labute approximate surface area is 153 Å². The molecular weight excluding hydrogens is 324 g/mol. The molecule has 0 radical (unpaired) electrons. The van der Waals surface area contributed by atoms with E-state index in [2.05, 4.69) is 17.2 Å². The van der Waals surface area contributed by atoms with Crippen molar-refractivity contribution < 1.29 is 4.79 Å². The number of fused-ring (bicyclic) bond motifs is 1. The summed E-state index contributed by atoms with van der Waals surface area (Å²) in [6.45, 7) is 4.40. The average Bonchev–Trinajstić information content (AvgIpc) is 3.13. The van der Waals surface area contributed by atoms with Crippen molar-refractivity contribution in [2.45, 2.75) is 25.9 Å². The molecule has 5 heteroatoms. The molecule has 2 atom stereocenters. The molecule has 0 aliphatic carbocycles. The van der Waals surface area contributed by atoms with Crippen molar-refractivity contribution >= 4 is 5.91 Å². The van der Waals surface area contributed by atoms with E-state index in [1.165, 1.54) is 0 Å². The molecule has 2 aromatic carbocycles. The summed E-state index contributed by atoms with van der Waals surface area (Å²) in [5.41, 5.74) is 10.5. The Morgan fingerprint density at radius 1 is 1.08 bits per heavy atom. The molecule has 0 fully saturated rings. The third-order valence-corrected chi connectivity index (χ3v) is 4.76. The van der Waals surface area contributed by atoms with Crippen LogP contribution in [0.5, 0.6) is 0 Å². The minimum absolute atomic E-state index is 0.0180. The number of amides is 1. The highest BCUT2D eigenvalue weighted by molar-refractivity contribution is 5.99. The number of hydrogen-bond donors (Lipinski definition) is 1. The monoisotopic (exact) mass is 346 g/mol. The summed E-state index contributed by atoms with van der Waals surface area (Å²) in [6.07, 6.45) is 0. The number of benzene rings is 2. The van der Waals surface area contributed by atoms with E-state index in [0.29, 0.717) is 12.2 Å². The number of nitrogens with two attached hydrogens (primary N) is 1. The van der Waals surface area contributed by atoms with Gasteiger partial charge in [-0.15, -0.1) is 0 Å². The van der Waals surface area contributed by atoms with Crippen molar-refractivity contribution in [1.82, 2.24) is 14.7 Å². The third kappa shape index (κ3) is 2.61. The van der Waals surface area contributed by atoms with Gasteiger partial charge in [0.25, 0.3) is 5.91 Å². The summed E-state index contributed by atoms with van der Waals surface area (Å²) in [6, 6.07) is 19.6. The fourth-order valence-corrected chi connectivity index (χ4v) is 3.72. The molecule has 5 nitrogen and oxygen atoms in total. The molecule has 1 aliphatic heterocycles. The maximum Gasteiger partial charge on any atom is 0.273 e. The van der Waals surface area contributed by atoms with Crippen LogP contribution in [0, 0.1) is 6.92 Å². The van der Waals surface area contributed by atoms with Gasteiger partial charge in [0.15, 0.2) is 0 Å². The van der Waals surface area contributed by atoms with Crippen LogP contribution in [0.2, 0.25) is 0 Å². The minimum Gasteiger partial charge on any atom is -0.326 e. The van der Waals surface area contributed by atoms with Crippen molar-refractivity contribution in [1.29, 1.82) is 0 Å². The first-order valence-corrected chi connectivity index (χ1v) is 8.84. The van der Waals surface area contributed by atoms with Crippen molar-refractivity contribution in [3.8, 4) is 5.69 Å². The first-order valence-electron chi connectivity index (χ1n) is 8.84. The van der Waals surface area contributed by atoms with Gasteiger partial charge in [0.05, 0.1) is 17.4 Å². The average molecular weight is 346 g/mol. The number of aryl methyl sites for hydroxylation is 1. The molecule has 3 aromatic rings. The summed E-state index contributed by atoms with van der Waals surface area (Å²) in [5, 5.41) is 4.68. The third-order valence-electron chi connectivity index (χ3n) is 4.76. The Hall–Kier alpha value is -2.92. The largest absolute Gasteiger partial charge is 0.326 e. The van der Waals surface area contributed by atoms with Gasteiger partial charge in [0, 0.05) is 18.2 Å². The zero-order valence-electron chi connectivity index (χ0n) is 15.0. The van der Waals surface area contributed by atoms with Gasteiger partial charge in [0.2, 0.25) is 0 Å². The van der Waals surface area contributed by atoms with Crippen LogP contribution < -0.4 is 5.73 Å². The lowest BCUT2D eigenvalue weighted by molar-refractivity contribution is 0.0732. The van der Waals surface area contributed by atoms with E-state index in [1.54, 1.807) is 4.68 Å². The smallest absolute Gasteiger partial charge is 0.273 e. The van der Waals surface area contributed by atoms with E-state index in [9.17, 15) is 4.79 Å². The molecule has 26 heavy (non-hydrogen) atoms. The summed E-state index contributed by atoms with van der Waals surface area (Å²) < 4.78 is 1.77. The zero-order valence-corrected chi connectivity index (χ0v) is 15.0. The normalized spacial score (nSPS) is 17.4. The van der Waals surface area contributed by atoms with Gasteiger partial charge in [-0.3, -0.25) is 4.79 Å². The van der Waals surface area contributed by atoms with Gasteiger partial charge in [-0.25, -0.2) is 4.68 Å². The number of carbonyl (C=O) groups excluding carboxylic acids is 1. The molecule has 4 rings (SSSR count). The second kappa shape index (κ2) is 6.42. The van der Waals surface area contributed by atoms with E-state index in [1.807, 2.05) is 67.3 Å². The van der Waals surface area contributed by atoms with Gasteiger partial charge in [0.1, 0.15) is 5.69 Å². The quantitative estimate of drug-likeness (QED) is 0.790. The molecule has 0 saturated heterocycles. The van der Waals surface area contributed by atoms with Crippen LogP contribution in [-0.2, 0) is 0 Å². The van der Waals surface area contributed by atoms with Crippen LogP contribution in [0.4, 0.5) is 0 Å². The Morgan fingerprint density at radius 3 is 2.31 bits per heavy atom. The molecule has 2 heterocycles. The maximum absolute atomic E-state index is 13.3. The topological polar surface area (TPSA) is 64.2 Å². The highest BCUT2D eigenvalue weighted by Gasteiger charge is 2.43. The summed E-state index contributed by atoms with van der Waals surface area (Å²) >= 11 is 0. The van der Waals surface area contributed by atoms with Crippen molar-refractivity contribution in [3.63, 3.8) is 0 Å². The number of carbonyl (C=O) groups is 1. The molecule has 1 aromatic heterocycles. The standard InChI is InChI=1S/C21H22N4O/c1-14(22)13-24-19(16-9-5-3-6-10-16)18-15(2)23-25(20(18)21(24)26)17-11-7-4-8-12-17/h3-12,14,19H,13,22H2,1-2H3/t14-,19+/m0/s1. The van der Waals surface area contributed by atoms with Crippen LogP contribution in [0.1, 0.15) is 40.3 Å². The molecule has 1 amide bonds. The second-order valence-corrected chi connectivity index (χ2v) is 6.84. The second-order valence-electron chi connectivity index (χ2n) is 6.84. The minimum atomic E-state index is -0.151. The lowest BCUT2D eigenvalue weighted by atomic mass is 9.99. The molecule has 0 bridgehead atoms. The van der Waals surface area contributed by atoms with Crippen molar-refractivity contribution in [2.24, 2.45) is 5.73 Å². The number of nitrogens with zero attached hydrogens (tertiary/aromatic N) is 3. The van der Waals surface area contributed by atoms with E-state index in [0.717, 1.165) is 22.5 Å². The highest BCUT2D eigenvalue weighted by Crippen LogP contribution is 2.41. The fraction of sp³-hybridized carbons (Fsp3) is 0.238. The number of aromatic nitrogens is 2. The van der Waals surface area contributed by atoms with Crippen molar-refractivity contribution in [2.75, 3.05) is 6.54 Å². The number of hydrogen-bond acceptors (Lipinski definition) is 3. The summed E-state index contributed by atoms with van der Waals surface area (Å²) in [4.78, 5) is 15.2. The summed E-state index contributed by atoms with van der Waals surface area (Å²) in [7, 11) is 0. The Balaban J connectivity index is 1.91. The number of rotatable bonds is 4. The predicted molar refractivity (Wildman–Crippen MR) is 101 cm³/mol. The van der Waals surface area contributed by atoms with Crippen molar-refractivity contribution in [3.05, 3.63) is 83.2 Å². The van der Waals surface area contributed by atoms with E-state index >= 15 is 0 Å². The SMILES string of the molecule is Cc1nn(-c2ccccc2)c2c1[C@@H](c1ccccc1)N(C[C@H](C)N)C2=O. The molecular formula is C21H22N4O. The number of para-hydroxylation sites is 1. The van der Waals surface area contributed by atoms with Crippen LogP contribution in [0.15, 0.2) is 60.7 Å². The Bertz CT molecular complexity index is 931.